The summed E-state index contributed by atoms with van der Waals surface area (Å²) in [6.45, 7) is 1.94. The van der Waals surface area contributed by atoms with Crippen LogP contribution in [0.25, 0.3) is 0 Å². The van der Waals surface area contributed by atoms with Crippen LogP contribution in [-0.4, -0.2) is 43.5 Å². The standard InChI is InChI=1S/C24H27ClN2O3S/c1-18(28)26(16-8-3-2-5-9-19-12-14-21(25)15-13-19)27-22(23(31-30)24(27)29)17-20-10-6-4-7-11-20/h4,6-7,10-15,22H,2-3,5,8-9,16-17H2,1H3. The van der Waals surface area contributed by atoms with Crippen LogP contribution in [0.15, 0.2) is 54.6 Å². The third kappa shape index (κ3) is 6.05. The number of halogens is 1. The largest absolute Gasteiger partial charge is 0.284 e. The molecule has 1 heterocycles. The molecule has 0 bridgehead atoms. The van der Waals surface area contributed by atoms with Crippen LogP contribution in [0.4, 0.5) is 0 Å². The Morgan fingerprint density at radius 2 is 1.68 bits per heavy atom. The topological polar surface area (TPSA) is 57.7 Å². The molecule has 0 radical (unpaired) electrons. The van der Waals surface area contributed by atoms with Gasteiger partial charge in [-0.25, -0.2) is 9.22 Å². The first-order valence-electron chi connectivity index (χ1n) is 10.6. The number of β-lactam (4-membered cyclic amide) rings is 1. The van der Waals surface area contributed by atoms with Crippen LogP contribution in [0.2, 0.25) is 5.02 Å². The number of aryl methyl sites for hydroxylation is 1. The van der Waals surface area contributed by atoms with Gasteiger partial charge in [-0.15, -0.1) is 0 Å². The van der Waals surface area contributed by atoms with E-state index >= 15 is 0 Å². The molecule has 0 N–H and O–H groups in total. The van der Waals surface area contributed by atoms with Crippen molar-refractivity contribution in [2.24, 2.45) is 0 Å². The van der Waals surface area contributed by atoms with Crippen LogP contribution in [0, 0.1) is 0 Å². The molecule has 3 rings (SSSR count). The van der Waals surface area contributed by atoms with Gasteiger partial charge in [0, 0.05) is 24.9 Å². The normalized spacial score (nSPS) is 15.5. The molecule has 1 aliphatic rings. The van der Waals surface area contributed by atoms with Gasteiger partial charge in [0.05, 0.1) is 0 Å². The first-order valence-corrected chi connectivity index (χ1v) is 11.7. The number of carbonyl (C=O) groups excluding carboxylic acids is 2. The number of nitrogens with zero attached hydrogens (tertiary/aromatic N) is 2. The van der Waals surface area contributed by atoms with Crippen molar-refractivity contribution in [2.75, 3.05) is 6.54 Å². The molecule has 1 unspecified atom stereocenters. The number of hydrogen-bond acceptors (Lipinski definition) is 3. The molecule has 1 saturated heterocycles. The van der Waals surface area contributed by atoms with Crippen LogP contribution in [0.3, 0.4) is 0 Å². The maximum Gasteiger partial charge on any atom is 0.284 e. The lowest BCUT2D eigenvalue weighted by Crippen LogP contribution is -2.69. The monoisotopic (exact) mass is 458 g/mol. The SMILES string of the molecule is CC(=O)N(CCCCCCc1ccc(Cl)cc1)N1C(=O)C(=S=O)C1Cc1ccccc1. The average Bonchev–Trinajstić information content (AvgIpc) is 2.77. The maximum atomic E-state index is 12.5. The third-order valence-electron chi connectivity index (χ3n) is 5.50. The zero-order chi connectivity index (χ0) is 22.2. The lowest BCUT2D eigenvalue weighted by molar-refractivity contribution is -0.166. The lowest BCUT2D eigenvalue weighted by Gasteiger charge is -2.46. The summed E-state index contributed by atoms with van der Waals surface area (Å²) < 4.78 is 11.5. The Kier molecular flexibility index (Phi) is 8.43. The predicted molar refractivity (Wildman–Crippen MR) is 125 cm³/mol. The molecule has 1 atom stereocenters. The van der Waals surface area contributed by atoms with Gasteiger partial charge in [-0.1, -0.05) is 66.9 Å². The van der Waals surface area contributed by atoms with Crippen molar-refractivity contribution in [3.63, 3.8) is 0 Å². The molecule has 164 valence electrons. The number of amides is 2. The molecule has 2 aromatic carbocycles. The van der Waals surface area contributed by atoms with Gasteiger partial charge in [-0.3, -0.25) is 14.6 Å². The average molecular weight is 459 g/mol. The molecule has 7 heteroatoms. The van der Waals surface area contributed by atoms with E-state index in [-0.39, 0.29) is 34.0 Å². The van der Waals surface area contributed by atoms with Crippen LogP contribution >= 0.6 is 11.6 Å². The first-order chi connectivity index (χ1) is 15.0. The summed E-state index contributed by atoms with van der Waals surface area (Å²) in [4.78, 5) is 25.1. The van der Waals surface area contributed by atoms with Crippen LogP contribution in [0.5, 0.6) is 0 Å². The van der Waals surface area contributed by atoms with E-state index in [0.717, 1.165) is 42.7 Å². The second kappa shape index (κ2) is 11.3. The Balaban J connectivity index is 1.51. The van der Waals surface area contributed by atoms with E-state index in [1.807, 2.05) is 54.6 Å². The van der Waals surface area contributed by atoms with Gasteiger partial charge in [-0.2, -0.15) is 0 Å². The molecule has 1 fully saturated rings. The maximum absolute atomic E-state index is 12.5. The van der Waals surface area contributed by atoms with E-state index in [4.69, 9.17) is 11.6 Å². The van der Waals surface area contributed by atoms with E-state index in [1.54, 1.807) is 0 Å². The highest BCUT2D eigenvalue weighted by molar-refractivity contribution is 7.69. The molecule has 0 saturated carbocycles. The predicted octanol–water partition coefficient (Wildman–Crippen LogP) is 4.05. The van der Waals surface area contributed by atoms with E-state index in [9.17, 15) is 13.8 Å². The minimum atomic E-state index is -0.369. The van der Waals surface area contributed by atoms with E-state index in [1.165, 1.54) is 22.5 Å². The van der Waals surface area contributed by atoms with Crippen LogP contribution in [0.1, 0.15) is 43.7 Å². The van der Waals surface area contributed by atoms with Crippen molar-refractivity contribution in [3.05, 3.63) is 70.7 Å². The molecule has 0 spiro atoms. The van der Waals surface area contributed by atoms with Crippen molar-refractivity contribution in [3.8, 4) is 0 Å². The number of rotatable bonds is 10. The summed E-state index contributed by atoms with van der Waals surface area (Å²) in [5.41, 5.74) is 2.30. The summed E-state index contributed by atoms with van der Waals surface area (Å²) in [6.07, 6.45) is 5.41. The summed E-state index contributed by atoms with van der Waals surface area (Å²) in [5.74, 6) is -0.526. The van der Waals surface area contributed by atoms with E-state index in [2.05, 4.69) is 0 Å². The number of benzene rings is 2. The quantitative estimate of drug-likeness (QED) is 0.306. The number of carbonyl (C=O) groups is 2. The zero-order valence-electron chi connectivity index (χ0n) is 17.6. The molecule has 5 nitrogen and oxygen atoms in total. The fourth-order valence-electron chi connectivity index (χ4n) is 3.84. The smallest absolute Gasteiger partial charge is 0.273 e. The van der Waals surface area contributed by atoms with Gasteiger partial charge >= 0.3 is 0 Å². The van der Waals surface area contributed by atoms with Crippen LogP contribution in [-0.2, 0) is 33.7 Å². The first kappa shape index (κ1) is 23.2. The minimum absolute atomic E-state index is 0.178. The summed E-state index contributed by atoms with van der Waals surface area (Å²) in [7, 11) is 0. The summed E-state index contributed by atoms with van der Waals surface area (Å²) in [5, 5.41) is 3.73. The molecule has 0 aromatic heterocycles. The minimum Gasteiger partial charge on any atom is -0.273 e. The van der Waals surface area contributed by atoms with Crippen molar-refractivity contribution in [1.82, 2.24) is 10.0 Å². The van der Waals surface area contributed by atoms with Gasteiger partial charge in [0.25, 0.3) is 5.91 Å². The molecule has 2 aromatic rings. The molecular formula is C24H27ClN2O3S. The van der Waals surface area contributed by atoms with E-state index < -0.39 is 0 Å². The van der Waals surface area contributed by atoms with E-state index in [0.29, 0.717) is 13.0 Å². The lowest BCUT2D eigenvalue weighted by atomic mass is 9.96. The van der Waals surface area contributed by atoms with Crippen molar-refractivity contribution in [1.29, 1.82) is 0 Å². The highest BCUT2D eigenvalue weighted by Crippen LogP contribution is 2.24. The Bertz CT molecular complexity index is 959. The van der Waals surface area contributed by atoms with Gasteiger partial charge < -0.3 is 0 Å². The van der Waals surface area contributed by atoms with Gasteiger partial charge in [0.15, 0.2) is 0 Å². The Morgan fingerprint density at radius 3 is 2.32 bits per heavy atom. The Morgan fingerprint density at radius 1 is 1.00 bits per heavy atom. The fraction of sp³-hybridized carbons (Fsp3) is 0.375. The highest BCUT2D eigenvalue weighted by Gasteiger charge is 2.47. The molecule has 0 aliphatic carbocycles. The number of hydrogen-bond donors (Lipinski definition) is 0. The fourth-order valence-corrected chi connectivity index (χ4v) is 4.42. The summed E-state index contributed by atoms with van der Waals surface area (Å²) in [6, 6.07) is 17.2. The zero-order valence-corrected chi connectivity index (χ0v) is 19.2. The molecule has 31 heavy (non-hydrogen) atoms. The molecular weight excluding hydrogens is 432 g/mol. The molecule has 2 amide bonds. The van der Waals surface area contributed by atoms with Gasteiger partial charge in [0.1, 0.15) is 22.2 Å². The Labute approximate surface area is 192 Å². The molecule has 1 aliphatic heterocycles. The second-order valence-corrected chi connectivity index (χ2v) is 8.78. The van der Waals surface area contributed by atoms with Crippen LogP contribution < -0.4 is 0 Å². The van der Waals surface area contributed by atoms with Crippen molar-refractivity contribution < 1.29 is 13.8 Å². The number of unbranched alkanes of at least 4 members (excludes halogenated alkanes) is 3. The van der Waals surface area contributed by atoms with Crippen molar-refractivity contribution in [2.45, 2.75) is 51.5 Å². The highest BCUT2D eigenvalue weighted by atomic mass is 35.5. The number of hydrazine groups is 1. The van der Waals surface area contributed by atoms with Crippen molar-refractivity contribution >= 4 is 39.5 Å². The van der Waals surface area contributed by atoms with Gasteiger partial charge in [0.2, 0.25) is 5.91 Å². The summed E-state index contributed by atoms with van der Waals surface area (Å²) >= 11 is 6.16. The van der Waals surface area contributed by atoms with Gasteiger partial charge in [-0.05, 0) is 42.5 Å². The third-order valence-corrected chi connectivity index (χ3v) is 6.38. The second-order valence-electron chi connectivity index (χ2n) is 7.74. The Hall–Kier alpha value is -2.44.